The monoisotopic (exact) mass is 655 g/mol. The Morgan fingerprint density at radius 3 is 2.19 bits per heavy atom. The Hall–Kier alpha value is -4.00. The summed E-state index contributed by atoms with van der Waals surface area (Å²) in [5.41, 5.74) is 1.65. The SMILES string of the molecule is COCCCN1C(=O)C(Nc2ccc(Br)cc2)=C(Sc2cccc(NC(=O)c3cc(OC)c(OC)c(OC)c3)c2)C1=O. The average molecular weight is 657 g/mol. The minimum atomic E-state index is -0.409. The van der Waals surface area contributed by atoms with Crippen LogP contribution in [-0.2, 0) is 14.3 Å². The average Bonchev–Trinajstić information content (AvgIpc) is 3.21. The van der Waals surface area contributed by atoms with Crippen LogP contribution in [0.1, 0.15) is 16.8 Å². The third-order valence-corrected chi connectivity index (χ3v) is 7.81. The molecule has 10 nitrogen and oxygen atoms in total. The third kappa shape index (κ3) is 7.07. The van der Waals surface area contributed by atoms with Gasteiger partial charge >= 0.3 is 0 Å². The Morgan fingerprint density at radius 2 is 1.57 bits per heavy atom. The minimum absolute atomic E-state index is 0.191. The first kappa shape index (κ1) is 30.9. The van der Waals surface area contributed by atoms with E-state index in [1.807, 2.05) is 24.3 Å². The van der Waals surface area contributed by atoms with Gasteiger partial charge in [-0.15, -0.1) is 0 Å². The van der Waals surface area contributed by atoms with Crippen molar-refractivity contribution in [3.63, 3.8) is 0 Å². The van der Waals surface area contributed by atoms with E-state index < -0.39 is 17.7 Å². The molecule has 0 aliphatic carbocycles. The molecule has 220 valence electrons. The van der Waals surface area contributed by atoms with E-state index in [2.05, 4.69) is 26.6 Å². The predicted octanol–water partition coefficient (Wildman–Crippen LogP) is 5.55. The molecule has 1 heterocycles. The second-order valence-corrected chi connectivity index (χ2v) is 10.9. The quantitative estimate of drug-likeness (QED) is 0.181. The van der Waals surface area contributed by atoms with Crippen LogP contribution in [0.5, 0.6) is 17.2 Å². The zero-order valence-electron chi connectivity index (χ0n) is 23.5. The molecular weight excluding hydrogens is 626 g/mol. The highest BCUT2D eigenvalue weighted by Gasteiger charge is 2.39. The lowest BCUT2D eigenvalue weighted by molar-refractivity contribution is -0.137. The Morgan fingerprint density at radius 1 is 0.881 bits per heavy atom. The normalized spacial score (nSPS) is 12.9. The van der Waals surface area contributed by atoms with E-state index in [0.29, 0.717) is 52.1 Å². The van der Waals surface area contributed by atoms with Crippen LogP contribution in [0.2, 0.25) is 0 Å². The largest absolute Gasteiger partial charge is 0.493 e. The van der Waals surface area contributed by atoms with Crippen molar-refractivity contribution in [1.82, 2.24) is 4.90 Å². The number of nitrogens with zero attached hydrogens (tertiary/aromatic N) is 1. The first-order chi connectivity index (χ1) is 20.3. The van der Waals surface area contributed by atoms with Gasteiger partial charge in [0, 0.05) is 46.6 Å². The number of benzene rings is 3. The van der Waals surface area contributed by atoms with E-state index in [0.717, 1.165) is 16.2 Å². The van der Waals surface area contributed by atoms with Crippen LogP contribution >= 0.6 is 27.7 Å². The van der Waals surface area contributed by atoms with Gasteiger partial charge in [0.2, 0.25) is 5.75 Å². The molecule has 0 bridgehead atoms. The van der Waals surface area contributed by atoms with Gasteiger partial charge in [-0.05, 0) is 61.0 Å². The lowest BCUT2D eigenvalue weighted by Crippen LogP contribution is -2.33. The van der Waals surface area contributed by atoms with Crippen LogP contribution in [0.3, 0.4) is 0 Å². The van der Waals surface area contributed by atoms with Crippen LogP contribution in [0.4, 0.5) is 11.4 Å². The molecule has 3 aromatic rings. The maximum atomic E-state index is 13.4. The summed E-state index contributed by atoms with van der Waals surface area (Å²) in [6.07, 6.45) is 0.514. The minimum Gasteiger partial charge on any atom is -0.493 e. The zero-order valence-corrected chi connectivity index (χ0v) is 25.9. The van der Waals surface area contributed by atoms with Gasteiger partial charge in [-0.1, -0.05) is 33.8 Å². The first-order valence-electron chi connectivity index (χ1n) is 12.8. The van der Waals surface area contributed by atoms with Gasteiger partial charge in [-0.25, -0.2) is 0 Å². The van der Waals surface area contributed by atoms with Crippen molar-refractivity contribution in [1.29, 1.82) is 0 Å². The highest BCUT2D eigenvalue weighted by Crippen LogP contribution is 2.39. The molecule has 0 unspecified atom stereocenters. The van der Waals surface area contributed by atoms with E-state index in [-0.39, 0.29) is 17.1 Å². The summed E-state index contributed by atoms with van der Waals surface area (Å²) in [4.78, 5) is 42.0. The number of thioether (sulfide) groups is 1. The van der Waals surface area contributed by atoms with Crippen molar-refractivity contribution in [2.75, 3.05) is 52.2 Å². The number of carbonyl (C=O) groups is 3. The second-order valence-electron chi connectivity index (χ2n) is 8.94. The van der Waals surface area contributed by atoms with E-state index in [1.54, 1.807) is 43.5 Å². The molecule has 0 saturated heterocycles. The van der Waals surface area contributed by atoms with Gasteiger partial charge in [-0.3, -0.25) is 19.3 Å². The molecule has 42 heavy (non-hydrogen) atoms. The summed E-state index contributed by atoms with van der Waals surface area (Å²) in [7, 11) is 6.01. The molecule has 4 rings (SSSR count). The van der Waals surface area contributed by atoms with Gasteiger partial charge in [0.25, 0.3) is 17.7 Å². The van der Waals surface area contributed by atoms with Crippen molar-refractivity contribution in [2.24, 2.45) is 0 Å². The summed E-state index contributed by atoms with van der Waals surface area (Å²) in [5, 5.41) is 6.00. The molecule has 0 atom stereocenters. The number of carbonyl (C=O) groups excluding carboxylic acids is 3. The van der Waals surface area contributed by atoms with E-state index >= 15 is 0 Å². The van der Waals surface area contributed by atoms with Gasteiger partial charge in [-0.2, -0.15) is 0 Å². The first-order valence-corrected chi connectivity index (χ1v) is 14.4. The van der Waals surface area contributed by atoms with E-state index in [1.165, 1.54) is 26.2 Å². The number of hydrogen-bond acceptors (Lipinski definition) is 9. The number of methoxy groups -OCH3 is 4. The lowest BCUT2D eigenvalue weighted by Gasteiger charge is -2.15. The fourth-order valence-corrected chi connectivity index (χ4v) is 5.45. The number of hydrogen-bond donors (Lipinski definition) is 2. The summed E-state index contributed by atoms with van der Waals surface area (Å²) in [6, 6.07) is 17.4. The van der Waals surface area contributed by atoms with Gasteiger partial charge < -0.3 is 29.6 Å². The number of ether oxygens (including phenoxy) is 4. The Balaban J connectivity index is 1.59. The van der Waals surface area contributed by atoms with Gasteiger partial charge in [0.15, 0.2) is 11.5 Å². The molecule has 1 aliphatic heterocycles. The molecule has 0 aromatic heterocycles. The number of nitrogens with one attached hydrogen (secondary N) is 2. The van der Waals surface area contributed by atoms with Crippen LogP contribution in [0, 0.1) is 0 Å². The highest BCUT2D eigenvalue weighted by molar-refractivity contribution is 9.10. The van der Waals surface area contributed by atoms with Crippen molar-refractivity contribution in [3.05, 3.63) is 81.3 Å². The summed E-state index contributed by atoms with van der Waals surface area (Å²) in [6.45, 7) is 0.647. The number of rotatable bonds is 13. The number of halogens is 1. The number of amides is 3. The van der Waals surface area contributed by atoms with Crippen LogP contribution in [-0.4, -0.2) is 64.2 Å². The fourth-order valence-electron chi connectivity index (χ4n) is 4.18. The van der Waals surface area contributed by atoms with Crippen LogP contribution < -0.4 is 24.8 Å². The van der Waals surface area contributed by atoms with Crippen molar-refractivity contribution in [3.8, 4) is 17.2 Å². The zero-order chi connectivity index (χ0) is 30.2. The summed E-state index contributed by atoms with van der Waals surface area (Å²) < 4.78 is 22.0. The molecular formula is C30H30BrN3O7S. The Labute approximate surface area is 256 Å². The summed E-state index contributed by atoms with van der Waals surface area (Å²) in [5.74, 6) is -0.125. The van der Waals surface area contributed by atoms with Crippen molar-refractivity contribution >= 4 is 56.8 Å². The molecule has 12 heteroatoms. The smallest absolute Gasteiger partial charge is 0.278 e. The van der Waals surface area contributed by atoms with E-state index in [9.17, 15) is 14.4 Å². The van der Waals surface area contributed by atoms with Crippen molar-refractivity contribution in [2.45, 2.75) is 11.3 Å². The Bertz CT molecular complexity index is 1490. The molecule has 0 saturated carbocycles. The molecule has 1 aliphatic rings. The second kappa shape index (κ2) is 14.3. The van der Waals surface area contributed by atoms with Crippen LogP contribution in [0.25, 0.3) is 0 Å². The highest BCUT2D eigenvalue weighted by atomic mass is 79.9. The van der Waals surface area contributed by atoms with Gasteiger partial charge in [0.1, 0.15) is 10.6 Å². The Kier molecular flexibility index (Phi) is 10.5. The number of anilines is 2. The van der Waals surface area contributed by atoms with E-state index in [4.69, 9.17) is 18.9 Å². The number of imide groups is 1. The standard InChI is InChI=1S/C30H30BrN3O7S/c1-38-14-6-13-34-29(36)25(32-20-11-9-19(31)10-12-20)27(30(34)37)42-22-8-5-7-21(17-22)33-28(35)18-15-23(39-2)26(41-4)24(16-18)40-3/h5,7-12,15-17,32H,6,13-14H2,1-4H3,(H,33,35). The molecule has 2 N–H and O–H groups in total. The molecule has 3 amide bonds. The molecule has 3 aromatic carbocycles. The van der Waals surface area contributed by atoms with Gasteiger partial charge in [0.05, 0.1) is 21.3 Å². The third-order valence-electron chi connectivity index (χ3n) is 6.21. The van der Waals surface area contributed by atoms with Crippen LogP contribution in [0.15, 0.2) is 80.6 Å². The maximum Gasteiger partial charge on any atom is 0.278 e. The molecule has 0 spiro atoms. The maximum absolute atomic E-state index is 13.4. The topological polar surface area (TPSA) is 115 Å². The summed E-state index contributed by atoms with van der Waals surface area (Å²) >= 11 is 4.55. The fraction of sp³-hybridized carbons (Fsp3) is 0.233. The molecule has 0 radical (unpaired) electrons. The van der Waals surface area contributed by atoms with Crippen molar-refractivity contribution < 1.29 is 33.3 Å². The molecule has 0 fully saturated rings. The lowest BCUT2D eigenvalue weighted by atomic mass is 10.1. The predicted molar refractivity (Wildman–Crippen MR) is 164 cm³/mol.